The number of carbonyl (C=O) groups is 2. The molecule has 2 fully saturated rings. The predicted molar refractivity (Wildman–Crippen MR) is 151 cm³/mol. The number of rotatable bonds is 4. The van der Waals surface area contributed by atoms with Crippen LogP contribution in [-0.2, 0) is 27.6 Å². The fourth-order valence-corrected chi connectivity index (χ4v) is 8.58. The van der Waals surface area contributed by atoms with Gasteiger partial charge >= 0.3 is 12.1 Å². The third-order valence-corrected chi connectivity index (χ3v) is 9.96. The lowest BCUT2D eigenvalue weighted by Gasteiger charge is -2.62. The first kappa shape index (κ1) is 29.4. The van der Waals surface area contributed by atoms with E-state index in [2.05, 4.69) is 38.1 Å². The normalized spacial score (nSPS) is 30.0. The molecular weight excluding hydrogens is 561 g/mol. The Bertz CT molecular complexity index is 1540. The van der Waals surface area contributed by atoms with Crippen LogP contribution in [0.4, 0.5) is 13.2 Å². The van der Waals surface area contributed by atoms with Gasteiger partial charge in [0.25, 0.3) is 5.91 Å². The van der Waals surface area contributed by atoms with Gasteiger partial charge in [0.1, 0.15) is 11.9 Å². The molecule has 1 unspecified atom stereocenters. The number of esters is 1. The van der Waals surface area contributed by atoms with E-state index in [1.54, 1.807) is 0 Å². The van der Waals surface area contributed by atoms with Gasteiger partial charge in [0.15, 0.2) is 11.5 Å². The fraction of sp³-hybridized carbons (Fsp3) is 0.515. The summed E-state index contributed by atoms with van der Waals surface area (Å²) in [5, 5.41) is 14.3. The average molecular weight is 598 g/mol. The van der Waals surface area contributed by atoms with Crippen LogP contribution >= 0.6 is 0 Å². The van der Waals surface area contributed by atoms with Gasteiger partial charge in [0.2, 0.25) is 0 Å². The lowest BCUT2D eigenvalue weighted by atomic mass is 9.50. The van der Waals surface area contributed by atoms with Crippen molar-refractivity contribution in [3.8, 4) is 29.1 Å². The number of nitrogens with zero attached hydrogens (tertiary/aromatic N) is 1. The van der Waals surface area contributed by atoms with Gasteiger partial charge in [-0.2, -0.15) is 13.2 Å². The number of likely N-dealkylation sites (N-methyl/N-ethyl adjacent to an activating group) is 1. The quantitative estimate of drug-likeness (QED) is 0.231. The number of alkyl halides is 3. The number of benzene rings is 2. The molecule has 6 rings (SSSR count). The Labute approximate surface area is 248 Å². The molecule has 2 bridgehead atoms. The maximum Gasteiger partial charge on any atom is 0.416 e. The van der Waals surface area contributed by atoms with Crippen LogP contribution in [-0.4, -0.2) is 59.8 Å². The number of aromatic hydroxyl groups is 1. The highest BCUT2D eigenvalue weighted by atomic mass is 19.4. The van der Waals surface area contributed by atoms with Crippen molar-refractivity contribution in [3.05, 3.63) is 52.6 Å². The Morgan fingerprint density at radius 1 is 1.23 bits per heavy atom. The molecule has 2 aliphatic carbocycles. The highest BCUT2D eigenvalue weighted by Crippen LogP contribution is 2.66. The molecule has 10 heteroatoms. The van der Waals surface area contributed by atoms with E-state index in [9.17, 15) is 27.9 Å². The van der Waals surface area contributed by atoms with Gasteiger partial charge in [-0.05, 0) is 37.1 Å². The van der Waals surface area contributed by atoms with Crippen LogP contribution in [0.25, 0.3) is 0 Å². The van der Waals surface area contributed by atoms with Gasteiger partial charge < -0.3 is 24.4 Å². The third kappa shape index (κ3) is 4.82. The molecule has 7 nitrogen and oxygen atoms in total. The SMILES string of the molecule is CC(=O)Oc1cc(O)c2c3c1O[C@H]1[C@@H](NC(=O)C#Cc4ccc(C(F)(F)F)cc4)CC[C@H]4[C@@H](C2)[N+](C)(CC(C)C)CC[C@@]341. The van der Waals surface area contributed by atoms with E-state index in [-0.39, 0.29) is 23.5 Å². The summed E-state index contributed by atoms with van der Waals surface area (Å²) in [6.45, 7) is 7.68. The molecule has 6 atom stereocenters. The van der Waals surface area contributed by atoms with Crippen LogP contribution in [0.2, 0.25) is 0 Å². The van der Waals surface area contributed by atoms with Gasteiger partial charge in [0, 0.05) is 60.3 Å². The number of quaternary nitrogens is 1. The number of hydrogen-bond acceptors (Lipinski definition) is 5. The zero-order valence-electron chi connectivity index (χ0n) is 24.7. The third-order valence-electron chi connectivity index (χ3n) is 9.96. The van der Waals surface area contributed by atoms with Crippen molar-refractivity contribution < 1.29 is 41.8 Å². The average Bonchev–Trinajstić information content (AvgIpc) is 3.27. The van der Waals surface area contributed by atoms with Crippen LogP contribution in [0.3, 0.4) is 0 Å². The number of halogens is 3. The van der Waals surface area contributed by atoms with Crippen LogP contribution in [0.5, 0.6) is 17.2 Å². The predicted octanol–water partition coefficient (Wildman–Crippen LogP) is 4.71. The number of hydrogen-bond donors (Lipinski definition) is 2. The van der Waals surface area contributed by atoms with Crippen molar-refractivity contribution in [2.75, 3.05) is 20.1 Å². The van der Waals surface area contributed by atoms with Gasteiger partial charge in [-0.15, -0.1) is 0 Å². The summed E-state index contributed by atoms with van der Waals surface area (Å²) in [7, 11) is 2.31. The van der Waals surface area contributed by atoms with E-state index in [0.29, 0.717) is 30.1 Å². The summed E-state index contributed by atoms with van der Waals surface area (Å²) < 4.78 is 51.8. The van der Waals surface area contributed by atoms with Gasteiger partial charge in [-0.25, -0.2) is 0 Å². The first-order valence-corrected chi connectivity index (χ1v) is 14.8. The number of amides is 1. The first-order valence-electron chi connectivity index (χ1n) is 14.8. The number of likely N-dealkylation sites (tertiary alicyclic amines) is 1. The summed E-state index contributed by atoms with van der Waals surface area (Å²) in [6.07, 6.45) is -1.94. The Morgan fingerprint density at radius 3 is 2.60 bits per heavy atom. The minimum atomic E-state index is -4.45. The Morgan fingerprint density at radius 2 is 1.95 bits per heavy atom. The van der Waals surface area contributed by atoms with E-state index in [4.69, 9.17) is 9.47 Å². The topological polar surface area (TPSA) is 84.9 Å². The summed E-state index contributed by atoms with van der Waals surface area (Å²) >= 11 is 0. The lowest BCUT2D eigenvalue weighted by Crippen LogP contribution is -2.73. The largest absolute Gasteiger partial charge is 0.508 e. The lowest BCUT2D eigenvalue weighted by molar-refractivity contribution is -0.947. The van der Waals surface area contributed by atoms with Crippen molar-refractivity contribution in [1.82, 2.24) is 5.32 Å². The number of piperidine rings is 1. The monoisotopic (exact) mass is 597 g/mol. The zero-order valence-corrected chi connectivity index (χ0v) is 24.7. The van der Waals surface area contributed by atoms with Crippen molar-refractivity contribution in [3.63, 3.8) is 0 Å². The molecule has 4 aliphatic rings. The summed E-state index contributed by atoms with van der Waals surface area (Å²) in [6, 6.07) is 5.68. The summed E-state index contributed by atoms with van der Waals surface area (Å²) in [5.74, 6) is 5.59. The maximum atomic E-state index is 13.1. The molecule has 2 aromatic rings. The van der Waals surface area contributed by atoms with E-state index < -0.39 is 41.2 Å². The molecular formula is C33H36F3N2O5+. The Kier molecular flexibility index (Phi) is 6.96. The Balaban J connectivity index is 1.34. The second-order valence-corrected chi connectivity index (χ2v) is 13.1. The van der Waals surface area contributed by atoms with E-state index >= 15 is 0 Å². The fourth-order valence-electron chi connectivity index (χ4n) is 8.58. The summed E-state index contributed by atoms with van der Waals surface area (Å²) in [4.78, 5) is 25.0. The second kappa shape index (κ2) is 10.2. The van der Waals surface area contributed by atoms with Crippen LogP contribution < -0.4 is 14.8 Å². The van der Waals surface area contributed by atoms with Crippen LogP contribution in [0, 0.1) is 23.7 Å². The molecule has 1 saturated heterocycles. The number of nitrogens with one attached hydrogen (secondary N) is 1. The standard InChI is InChI=1S/C33H35F3N2O5/c1-18(2)17-38(4)14-13-32-23-10-11-24(37-28(41)12-7-20-5-8-21(9-6-20)33(34,35)36)31(32)43-30-27(42-19(3)39)16-26(40)22(29(30)32)15-25(23)38/h5-6,8-9,16,18,23-25,31H,10-11,13-15,17H2,1-4H3,(H-,37,40,41)/p+1/t23-,24-,25+,31-,32-,38?/m0/s1. The molecule has 1 amide bonds. The van der Waals surface area contributed by atoms with Crippen molar-refractivity contribution >= 4 is 11.9 Å². The van der Waals surface area contributed by atoms with Crippen molar-refractivity contribution in [2.24, 2.45) is 11.8 Å². The minimum absolute atomic E-state index is 0.0913. The highest BCUT2D eigenvalue weighted by molar-refractivity contribution is 5.94. The molecule has 0 aromatic heterocycles. The van der Waals surface area contributed by atoms with Crippen LogP contribution in [0.1, 0.15) is 62.3 Å². The first-order chi connectivity index (χ1) is 20.2. The molecule has 2 N–H and O–H groups in total. The van der Waals surface area contributed by atoms with Gasteiger partial charge in [-0.1, -0.05) is 19.8 Å². The molecule has 1 spiro atoms. The number of ether oxygens (including phenoxy) is 2. The molecule has 2 aliphatic heterocycles. The molecule has 1 saturated carbocycles. The van der Waals surface area contributed by atoms with Gasteiger partial charge in [0.05, 0.1) is 43.2 Å². The number of phenolic OH excluding ortho intramolecular Hbond substituents is 1. The van der Waals surface area contributed by atoms with Crippen molar-refractivity contribution in [1.29, 1.82) is 0 Å². The smallest absolute Gasteiger partial charge is 0.416 e. The second-order valence-electron chi connectivity index (χ2n) is 13.1. The maximum absolute atomic E-state index is 13.1. The van der Waals surface area contributed by atoms with Crippen molar-refractivity contribution in [2.45, 2.75) is 76.2 Å². The number of phenols is 1. The molecule has 0 radical (unpaired) electrons. The van der Waals surface area contributed by atoms with Gasteiger partial charge in [-0.3, -0.25) is 9.59 Å². The molecule has 2 aromatic carbocycles. The van der Waals surface area contributed by atoms with Crippen LogP contribution in [0.15, 0.2) is 30.3 Å². The summed E-state index contributed by atoms with van der Waals surface area (Å²) in [5.41, 5.74) is 0.770. The zero-order chi connectivity index (χ0) is 30.9. The molecule has 2 heterocycles. The molecule has 43 heavy (non-hydrogen) atoms. The highest BCUT2D eigenvalue weighted by Gasteiger charge is 2.69. The number of carbonyl (C=O) groups excluding carboxylic acids is 2. The minimum Gasteiger partial charge on any atom is -0.508 e. The van der Waals surface area contributed by atoms with E-state index in [1.165, 1.54) is 25.1 Å². The van der Waals surface area contributed by atoms with E-state index in [1.807, 2.05) is 0 Å². The molecule has 228 valence electrons. The van der Waals surface area contributed by atoms with E-state index in [0.717, 1.165) is 53.7 Å². The Hall–Kier alpha value is -3.71.